The van der Waals surface area contributed by atoms with Crippen LogP contribution in [0.4, 0.5) is 11.4 Å². The highest BCUT2D eigenvalue weighted by Gasteiger charge is 2.27. The Morgan fingerprint density at radius 1 is 1.16 bits per heavy atom. The maximum absolute atomic E-state index is 11.7. The van der Waals surface area contributed by atoms with E-state index in [4.69, 9.17) is 14.2 Å². The van der Waals surface area contributed by atoms with Gasteiger partial charge < -0.3 is 29.7 Å². The Labute approximate surface area is 217 Å². The molecular weight excluding hydrogens is 468 g/mol. The standard InChI is InChI=1S/C29H34N4O4/c1-18-11-20(12-25-29(18)37-17-27(34)32-25)14-30-21-5-3-19(4-6-21)16-33-9-10-36-26-15-31-24-8-7-22(35-2)13-23(24)28(26)33/h7-8,11-13,15,19,21,30H,3-6,9-10,14,16-17H2,1-2H3,(H,32,34). The van der Waals surface area contributed by atoms with E-state index in [1.54, 1.807) is 7.11 Å². The van der Waals surface area contributed by atoms with Gasteiger partial charge >= 0.3 is 0 Å². The van der Waals surface area contributed by atoms with E-state index in [1.165, 1.54) is 18.4 Å². The Morgan fingerprint density at radius 2 is 2.03 bits per heavy atom. The zero-order valence-electron chi connectivity index (χ0n) is 21.5. The molecule has 1 saturated carbocycles. The number of fused-ring (bicyclic) bond motifs is 4. The van der Waals surface area contributed by atoms with Crippen molar-refractivity contribution in [3.63, 3.8) is 0 Å². The fraction of sp³-hybridized carbons (Fsp3) is 0.448. The number of hydrogen-bond donors (Lipinski definition) is 2. The SMILES string of the molecule is COc1ccc2ncc3c(c2c1)N(CC1CCC(NCc2cc(C)c4c(c2)NC(=O)CO4)CC1)CCO3. The van der Waals surface area contributed by atoms with Crippen molar-refractivity contribution in [3.05, 3.63) is 47.7 Å². The van der Waals surface area contributed by atoms with Crippen molar-refractivity contribution in [2.24, 2.45) is 5.92 Å². The van der Waals surface area contributed by atoms with Crippen molar-refractivity contribution in [2.75, 3.05) is 43.6 Å². The van der Waals surface area contributed by atoms with Gasteiger partial charge in [-0.05, 0) is 73.9 Å². The number of nitrogens with one attached hydrogen (secondary N) is 2. The van der Waals surface area contributed by atoms with Gasteiger partial charge in [0.05, 0.1) is 36.7 Å². The van der Waals surface area contributed by atoms with E-state index >= 15 is 0 Å². The third-order valence-corrected chi connectivity index (χ3v) is 7.82. The third kappa shape index (κ3) is 4.90. The summed E-state index contributed by atoms with van der Waals surface area (Å²) in [4.78, 5) is 18.8. The summed E-state index contributed by atoms with van der Waals surface area (Å²) in [5.74, 6) is 3.04. The minimum atomic E-state index is -0.0957. The maximum atomic E-state index is 11.7. The first kappa shape index (κ1) is 23.9. The van der Waals surface area contributed by atoms with Crippen LogP contribution >= 0.6 is 0 Å². The summed E-state index contributed by atoms with van der Waals surface area (Å²) >= 11 is 0. The van der Waals surface area contributed by atoms with Crippen LogP contribution in [0.5, 0.6) is 17.2 Å². The van der Waals surface area contributed by atoms with Crippen molar-refractivity contribution in [3.8, 4) is 17.2 Å². The van der Waals surface area contributed by atoms with E-state index in [1.807, 2.05) is 31.3 Å². The van der Waals surface area contributed by atoms with Gasteiger partial charge in [-0.15, -0.1) is 0 Å². The fourth-order valence-corrected chi connectivity index (χ4v) is 5.94. The molecule has 3 aliphatic rings. The van der Waals surface area contributed by atoms with Crippen LogP contribution in [0.3, 0.4) is 0 Å². The van der Waals surface area contributed by atoms with Gasteiger partial charge in [0.25, 0.3) is 5.91 Å². The molecule has 0 radical (unpaired) electrons. The lowest BCUT2D eigenvalue weighted by atomic mass is 9.85. The van der Waals surface area contributed by atoms with Crippen LogP contribution in [0.2, 0.25) is 0 Å². The van der Waals surface area contributed by atoms with E-state index in [0.29, 0.717) is 18.6 Å². The molecule has 37 heavy (non-hydrogen) atoms. The molecule has 2 aromatic carbocycles. The Balaban J connectivity index is 1.08. The monoisotopic (exact) mass is 502 g/mol. The van der Waals surface area contributed by atoms with Crippen LogP contribution in [-0.4, -0.2) is 50.3 Å². The second-order valence-corrected chi connectivity index (χ2v) is 10.4. The number of carbonyl (C=O) groups excluding carboxylic acids is 1. The molecule has 1 aromatic heterocycles. The predicted molar refractivity (Wildman–Crippen MR) is 144 cm³/mol. The van der Waals surface area contributed by atoms with Gasteiger partial charge in [-0.25, -0.2) is 0 Å². The number of aryl methyl sites for hydroxylation is 1. The molecule has 0 spiro atoms. The summed E-state index contributed by atoms with van der Waals surface area (Å²) in [6.07, 6.45) is 6.58. The summed E-state index contributed by atoms with van der Waals surface area (Å²) in [6, 6.07) is 10.7. The second kappa shape index (κ2) is 10.1. The van der Waals surface area contributed by atoms with E-state index in [2.05, 4.69) is 32.7 Å². The summed E-state index contributed by atoms with van der Waals surface area (Å²) in [6.45, 7) is 5.52. The average molecular weight is 503 g/mol. The largest absolute Gasteiger partial charge is 0.497 e. The molecule has 0 bridgehead atoms. The van der Waals surface area contributed by atoms with Gasteiger partial charge in [0.1, 0.15) is 18.1 Å². The average Bonchev–Trinajstić information content (AvgIpc) is 2.92. The van der Waals surface area contributed by atoms with Crippen LogP contribution < -0.4 is 29.7 Å². The summed E-state index contributed by atoms with van der Waals surface area (Å²) in [7, 11) is 1.70. The minimum Gasteiger partial charge on any atom is -0.497 e. The molecule has 2 N–H and O–H groups in total. The highest BCUT2D eigenvalue weighted by molar-refractivity contribution is 5.96. The molecule has 2 aliphatic heterocycles. The number of pyridine rings is 1. The van der Waals surface area contributed by atoms with E-state index in [-0.39, 0.29) is 12.5 Å². The molecule has 3 aromatic rings. The van der Waals surface area contributed by atoms with Crippen molar-refractivity contribution in [1.29, 1.82) is 0 Å². The van der Waals surface area contributed by atoms with E-state index < -0.39 is 0 Å². The Kier molecular flexibility index (Phi) is 6.50. The zero-order chi connectivity index (χ0) is 25.4. The Hall–Kier alpha value is -3.52. The molecule has 1 amide bonds. The normalized spacial score (nSPS) is 20.9. The van der Waals surface area contributed by atoms with Crippen molar-refractivity contribution in [1.82, 2.24) is 10.3 Å². The van der Waals surface area contributed by atoms with Crippen LogP contribution in [0.1, 0.15) is 36.8 Å². The number of methoxy groups -OCH3 is 1. The highest BCUT2D eigenvalue weighted by Crippen LogP contribution is 2.40. The lowest BCUT2D eigenvalue weighted by molar-refractivity contribution is -0.118. The van der Waals surface area contributed by atoms with E-state index in [0.717, 1.165) is 77.6 Å². The zero-order valence-corrected chi connectivity index (χ0v) is 21.5. The number of carbonyl (C=O) groups is 1. The molecule has 1 aliphatic carbocycles. The predicted octanol–water partition coefficient (Wildman–Crippen LogP) is 4.43. The molecule has 1 fully saturated rings. The fourth-order valence-electron chi connectivity index (χ4n) is 5.94. The number of nitrogens with zero attached hydrogens (tertiary/aromatic N) is 2. The van der Waals surface area contributed by atoms with Gasteiger partial charge in [-0.2, -0.15) is 0 Å². The van der Waals surface area contributed by atoms with Crippen LogP contribution in [0.25, 0.3) is 10.9 Å². The van der Waals surface area contributed by atoms with Gasteiger partial charge in [-0.3, -0.25) is 9.78 Å². The molecule has 6 rings (SSSR count). The van der Waals surface area contributed by atoms with Gasteiger partial charge in [-0.1, -0.05) is 6.07 Å². The number of aromatic nitrogens is 1. The van der Waals surface area contributed by atoms with Crippen LogP contribution in [0, 0.1) is 12.8 Å². The molecule has 8 nitrogen and oxygen atoms in total. The van der Waals surface area contributed by atoms with Crippen molar-refractivity contribution in [2.45, 2.75) is 45.2 Å². The maximum Gasteiger partial charge on any atom is 0.262 e. The number of rotatable bonds is 6. The van der Waals surface area contributed by atoms with Crippen molar-refractivity contribution >= 4 is 28.2 Å². The molecule has 194 valence electrons. The molecular formula is C29H34N4O4. The summed E-state index contributed by atoms with van der Waals surface area (Å²) in [5, 5.41) is 7.77. The first-order chi connectivity index (χ1) is 18.1. The quantitative estimate of drug-likeness (QED) is 0.516. The Bertz CT molecular complexity index is 1310. The molecule has 3 heterocycles. The van der Waals surface area contributed by atoms with Gasteiger partial charge in [0, 0.05) is 24.5 Å². The third-order valence-electron chi connectivity index (χ3n) is 7.82. The lowest BCUT2D eigenvalue weighted by Crippen LogP contribution is -2.40. The topological polar surface area (TPSA) is 85.0 Å². The molecule has 0 unspecified atom stereocenters. The minimum absolute atomic E-state index is 0.0893. The van der Waals surface area contributed by atoms with Crippen LogP contribution in [0.15, 0.2) is 36.5 Å². The lowest BCUT2D eigenvalue weighted by Gasteiger charge is -2.37. The van der Waals surface area contributed by atoms with E-state index in [9.17, 15) is 4.79 Å². The molecule has 8 heteroatoms. The van der Waals surface area contributed by atoms with Gasteiger partial charge in [0.15, 0.2) is 12.4 Å². The Morgan fingerprint density at radius 3 is 2.86 bits per heavy atom. The number of amides is 1. The first-order valence-corrected chi connectivity index (χ1v) is 13.2. The number of anilines is 2. The first-order valence-electron chi connectivity index (χ1n) is 13.2. The summed E-state index contributed by atoms with van der Waals surface area (Å²) in [5.41, 5.74) is 5.12. The number of benzene rings is 2. The second-order valence-electron chi connectivity index (χ2n) is 10.4. The van der Waals surface area contributed by atoms with Crippen LogP contribution in [-0.2, 0) is 11.3 Å². The van der Waals surface area contributed by atoms with Gasteiger partial charge in [0.2, 0.25) is 0 Å². The van der Waals surface area contributed by atoms with Crippen molar-refractivity contribution < 1.29 is 19.0 Å². The number of ether oxygens (including phenoxy) is 3. The smallest absolute Gasteiger partial charge is 0.262 e. The molecule has 0 saturated heterocycles. The number of hydrogen-bond acceptors (Lipinski definition) is 7. The summed E-state index contributed by atoms with van der Waals surface area (Å²) < 4.78 is 17.1. The highest BCUT2D eigenvalue weighted by atomic mass is 16.5. The molecule has 0 atom stereocenters.